The van der Waals surface area contributed by atoms with Crippen molar-refractivity contribution < 1.29 is 23.8 Å². The van der Waals surface area contributed by atoms with Gasteiger partial charge in [-0.25, -0.2) is 4.98 Å². The second-order valence-corrected chi connectivity index (χ2v) is 9.28. The zero-order valence-corrected chi connectivity index (χ0v) is 18.7. The van der Waals surface area contributed by atoms with Crippen LogP contribution in [0.25, 0.3) is 0 Å². The number of carbonyl (C=O) groups excluding carboxylic acids is 3. The molecule has 2 atom stereocenters. The first-order chi connectivity index (χ1) is 15.2. The van der Waals surface area contributed by atoms with Gasteiger partial charge in [0.2, 0.25) is 11.6 Å². The number of aromatic nitrogens is 1. The second-order valence-electron chi connectivity index (χ2n) is 9.28. The molecule has 0 aliphatic carbocycles. The number of aromatic amines is 1. The van der Waals surface area contributed by atoms with Crippen LogP contribution in [0.5, 0.6) is 0 Å². The summed E-state index contributed by atoms with van der Waals surface area (Å²) in [6.07, 6.45) is 3.55. The summed E-state index contributed by atoms with van der Waals surface area (Å²) in [4.78, 5) is 43.9. The Morgan fingerprint density at radius 3 is 2.34 bits per heavy atom. The molecule has 1 N–H and O–H groups in total. The summed E-state index contributed by atoms with van der Waals surface area (Å²) in [5.41, 5.74) is 2.68. The maximum atomic E-state index is 13.3. The summed E-state index contributed by atoms with van der Waals surface area (Å²) in [6.45, 7) is 8.31. The van der Waals surface area contributed by atoms with Crippen LogP contribution in [0.1, 0.15) is 59.8 Å². The average Bonchev–Trinajstić information content (AvgIpc) is 3.30. The van der Waals surface area contributed by atoms with E-state index in [0.29, 0.717) is 5.76 Å². The monoisotopic (exact) mass is 431 g/mol. The molecule has 32 heavy (non-hydrogen) atoms. The summed E-state index contributed by atoms with van der Waals surface area (Å²) >= 11 is 0. The predicted molar refractivity (Wildman–Crippen MR) is 118 cm³/mol. The van der Waals surface area contributed by atoms with Gasteiger partial charge in [0.05, 0.1) is 12.6 Å². The van der Waals surface area contributed by atoms with Gasteiger partial charge in [-0.05, 0) is 41.7 Å². The number of pyridine rings is 1. The molecule has 1 aliphatic heterocycles. The number of nitrogens with one attached hydrogen (secondary N) is 1. The van der Waals surface area contributed by atoms with Gasteiger partial charge in [0, 0.05) is 11.6 Å². The number of aryl methyl sites for hydroxylation is 1. The number of furan rings is 1. The van der Waals surface area contributed by atoms with Crippen LogP contribution >= 0.6 is 0 Å². The van der Waals surface area contributed by atoms with Gasteiger partial charge >= 0.3 is 0 Å². The molecule has 1 aliphatic rings. The number of rotatable bonds is 5. The van der Waals surface area contributed by atoms with Crippen molar-refractivity contribution in [3.05, 3.63) is 89.1 Å². The first-order valence-corrected chi connectivity index (χ1v) is 10.7. The van der Waals surface area contributed by atoms with Gasteiger partial charge in [0.15, 0.2) is 18.2 Å². The van der Waals surface area contributed by atoms with Crippen molar-refractivity contribution in [2.45, 2.75) is 45.7 Å². The smallest absolute Gasteiger partial charge is 0.291 e. The van der Waals surface area contributed by atoms with E-state index in [0.717, 1.165) is 16.7 Å². The molecule has 1 aromatic carbocycles. The first kappa shape index (κ1) is 21.7. The fourth-order valence-corrected chi connectivity index (χ4v) is 4.16. The summed E-state index contributed by atoms with van der Waals surface area (Å²) in [7, 11) is 0. The molecule has 6 heteroatoms. The topological polar surface area (TPSA) is 81.7 Å². The summed E-state index contributed by atoms with van der Waals surface area (Å²) in [6, 6.07) is 14.1. The van der Waals surface area contributed by atoms with Crippen LogP contribution < -0.4 is 4.98 Å². The van der Waals surface area contributed by atoms with E-state index in [1.165, 1.54) is 4.90 Å². The molecule has 0 radical (unpaired) electrons. The number of carbonyl (C=O) groups is 3. The van der Waals surface area contributed by atoms with Gasteiger partial charge < -0.3 is 9.32 Å². The molecule has 0 saturated carbocycles. The minimum absolute atomic E-state index is 0.0413. The molecule has 0 spiro atoms. The number of likely N-dealkylation sites (tertiary alicyclic amines) is 1. The lowest BCUT2D eigenvalue weighted by Gasteiger charge is -2.27. The van der Waals surface area contributed by atoms with E-state index in [4.69, 9.17) is 4.42 Å². The number of amides is 1. The Labute approximate surface area is 187 Å². The van der Waals surface area contributed by atoms with Crippen LogP contribution in [0.15, 0.2) is 65.3 Å². The van der Waals surface area contributed by atoms with E-state index in [2.05, 4.69) is 25.8 Å². The molecule has 2 unspecified atom stereocenters. The van der Waals surface area contributed by atoms with Crippen LogP contribution in [0.4, 0.5) is 0 Å². The molecule has 2 aromatic heterocycles. The molecular formula is C26H27N2O4+. The number of hydrogen-bond donors (Lipinski definition) is 0. The highest BCUT2D eigenvalue weighted by molar-refractivity contribution is 6.43. The quantitative estimate of drug-likeness (QED) is 0.349. The minimum atomic E-state index is -1.15. The third-order valence-corrected chi connectivity index (χ3v) is 5.91. The Morgan fingerprint density at radius 2 is 1.78 bits per heavy atom. The SMILES string of the molecule is Cc1ccc(C(=O)C2C(=O)C(=O)N(Cc3ccc[nH+]c3)C2c2ccc(C(C)(C)C)cc2)o1. The molecule has 6 nitrogen and oxygen atoms in total. The van der Waals surface area contributed by atoms with Crippen LogP contribution in [0, 0.1) is 12.8 Å². The van der Waals surface area contributed by atoms with E-state index in [9.17, 15) is 14.4 Å². The normalized spacial score (nSPS) is 18.9. The molecule has 3 heterocycles. The third-order valence-electron chi connectivity index (χ3n) is 5.91. The average molecular weight is 432 g/mol. The summed E-state index contributed by atoms with van der Waals surface area (Å²) in [5, 5.41) is 0. The van der Waals surface area contributed by atoms with Gasteiger partial charge in [0.25, 0.3) is 5.91 Å². The molecular weight excluding hydrogens is 404 g/mol. The molecule has 3 aromatic rings. The van der Waals surface area contributed by atoms with Gasteiger partial charge in [-0.15, -0.1) is 0 Å². The number of H-pyrrole nitrogens is 1. The number of ketones is 2. The van der Waals surface area contributed by atoms with Crippen molar-refractivity contribution in [1.82, 2.24) is 4.90 Å². The second kappa shape index (κ2) is 8.19. The summed E-state index contributed by atoms with van der Waals surface area (Å²) in [5.74, 6) is -2.30. The number of hydrogen-bond acceptors (Lipinski definition) is 4. The standard InChI is InChI=1S/C26H26N2O4/c1-16-7-12-20(32-16)23(29)21-22(18-8-10-19(11-9-18)26(2,3)4)28(25(31)24(21)30)15-17-6-5-13-27-14-17/h5-14,21-22H,15H2,1-4H3/p+1. The van der Waals surface area contributed by atoms with E-state index >= 15 is 0 Å². The van der Waals surface area contributed by atoms with E-state index < -0.39 is 29.4 Å². The lowest BCUT2D eigenvalue weighted by molar-refractivity contribution is -0.378. The van der Waals surface area contributed by atoms with Crippen molar-refractivity contribution in [3.63, 3.8) is 0 Å². The van der Waals surface area contributed by atoms with Crippen molar-refractivity contribution >= 4 is 17.5 Å². The number of benzene rings is 1. The maximum Gasteiger partial charge on any atom is 0.291 e. The highest BCUT2D eigenvalue weighted by Crippen LogP contribution is 2.40. The van der Waals surface area contributed by atoms with Gasteiger partial charge in [0.1, 0.15) is 11.7 Å². The van der Waals surface area contributed by atoms with E-state index in [1.807, 2.05) is 36.4 Å². The van der Waals surface area contributed by atoms with E-state index in [-0.39, 0.29) is 17.7 Å². The van der Waals surface area contributed by atoms with Gasteiger partial charge in [-0.1, -0.05) is 45.0 Å². The predicted octanol–water partition coefficient (Wildman–Crippen LogP) is 3.85. The fourth-order valence-electron chi connectivity index (χ4n) is 4.16. The number of nitrogens with zero attached hydrogens (tertiary/aromatic N) is 1. The Bertz CT molecular complexity index is 1160. The van der Waals surface area contributed by atoms with Crippen LogP contribution in [-0.2, 0) is 21.5 Å². The van der Waals surface area contributed by atoms with Crippen LogP contribution in [-0.4, -0.2) is 22.4 Å². The zero-order chi connectivity index (χ0) is 23.0. The van der Waals surface area contributed by atoms with Gasteiger partial charge in [-0.2, -0.15) is 0 Å². The van der Waals surface area contributed by atoms with Gasteiger partial charge in [-0.3, -0.25) is 14.4 Å². The highest BCUT2D eigenvalue weighted by atomic mass is 16.3. The third kappa shape index (κ3) is 4.00. The first-order valence-electron chi connectivity index (χ1n) is 10.7. The molecule has 1 saturated heterocycles. The van der Waals surface area contributed by atoms with Crippen molar-refractivity contribution in [2.75, 3.05) is 0 Å². The molecule has 1 amide bonds. The Kier molecular flexibility index (Phi) is 5.55. The van der Waals surface area contributed by atoms with Crippen LogP contribution in [0.2, 0.25) is 0 Å². The molecule has 164 valence electrons. The van der Waals surface area contributed by atoms with Crippen LogP contribution in [0.3, 0.4) is 0 Å². The highest BCUT2D eigenvalue weighted by Gasteiger charge is 2.52. The Balaban J connectivity index is 1.78. The lowest BCUT2D eigenvalue weighted by atomic mass is 9.84. The van der Waals surface area contributed by atoms with Crippen molar-refractivity contribution in [1.29, 1.82) is 0 Å². The molecule has 1 fully saturated rings. The largest absolute Gasteiger partial charge is 0.458 e. The van der Waals surface area contributed by atoms with Crippen molar-refractivity contribution in [2.24, 2.45) is 5.92 Å². The van der Waals surface area contributed by atoms with E-state index in [1.54, 1.807) is 31.5 Å². The molecule has 0 bridgehead atoms. The maximum absolute atomic E-state index is 13.3. The summed E-state index contributed by atoms with van der Waals surface area (Å²) < 4.78 is 5.51. The van der Waals surface area contributed by atoms with Crippen molar-refractivity contribution in [3.8, 4) is 0 Å². The Hall–Kier alpha value is -3.54. The molecule has 4 rings (SSSR count). The fraction of sp³-hybridized carbons (Fsp3) is 0.308. The number of Topliss-reactive ketones (excluding diaryl/α,β-unsaturated/α-hetero) is 2. The zero-order valence-electron chi connectivity index (χ0n) is 18.7. The Morgan fingerprint density at radius 1 is 1.06 bits per heavy atom. The minimum Gasteiger partial charge on any atom is -0.458 e. The lowest BCUT2D eigenvalue weighted by Crippen LogP contribution is -2.30.